The summed E-state index contributed by atoms with van der Waals surface area (Å²) in [5, 5.41) is 4.38. The lowest BCUT2D eigenvalue weighted by Crippen LogP contribution is -2.41. The molecule has 0 amide bonds. The van der Waals surface area contributed by atoms with Crippen molar-refractivity contribution >= 4 is 23.2 Å². The molecule has 0 saturated carbocycles. The van der Waals surface area contributed by atoms with Crippen molar-refractivity contribution in [2.45, 2.75) is 19.8 Å². The number of carbonyl (C=O) groups is 1. The van der Waals surface area contributed by atoms with Crippen molar-refractivity contribution in [3.05, 3.63) is 54.1 Å². The number of hydrogen-bond donors (Lipinski definition) is 1. The quantitative estimate of drug-likeness (QED) is 0.395. The zero-order chi connectivity index (χ0) is 18.4. The van der Waals surface area contributed by atoms with Crippen molar-refractivity contribution in [1.29, 1.82) is 0 Å². The predicted octanol–water partition coefficient (Wildman–Crippen LogP) is 3.44. The molecule has 1 heterocycles. The molecule has 2 aromatic carbocycles. The van der Waals surface area contributed by atoms with Crippen LogP contribution in [-0.2, 0) is 16.0 Å². The molecule has 0 unspecified atom stereocenters. The van der Waals surface area contributed by atoms with Crippen LogP contribution in [0.2, 0.25) is 0 Å². The Balaban J connectivity index is 1.95. The number of nitrogens with one attached hydrogen (secondary N) is 1. The largest absolute Gasteiger partial charge is 0.495 e. The Hall–Kier alpha value is -3.02. The van der Waals surface area contributed by atoms with Gasteiger partial charge in [-0.2, -0.15) is 0 Å². The maximum atomic E-state index is 12.6. The molecule has 136 valence electrons. The van der Waals surface area contributed by atoms with E-state index < -0.39 is 5.97 Å². The number of carbonyl (C=O) groups excluding carboxylic acids is 1. The Morgan fingerprint density at radius 1 is 1.19 bits per heavy atom. The molecule has 0 saturated heterocycles. The number of benzene rings is 2. The summed E-state index contributed by atoms with van der Waals surface area (Å²) in [7, 11) is 1.59. The summed E-state index contributed by atoms with van der Waals surface area (Å²) < 4.78 is 10.6. The summed E-state index contributed by atoms with van der Waals surface area (Å²) in [6.45, 7) is 2.79. The molecule has 0 aliphatic carbocycles. The van der Waals surface area contributed by atoms with Crippen LogP contribution in [0.25, 0.3) is 0 Å². The molecule has 2 aromatic rings. The summed E-state index contributed by atoms with van der Waals surface area (Å²) in [5.41, 5.74) is 5.83. The molecule has 6 nitrogen and oxygen atoms in total. The van der Waals surface area contributed by atoms with Gasteiger partial charge in [0.15, 0.2) is 0 Å². The molecular formula is C20H23N3O3. The van der Waals surface area contributed by atoms with Crippen molar-refractivity contribution in [1.82, 2.24) is 0 Å². The van der Waals surface area contributed by atoms with Crippen LogP contribution in [-0.4, -0.2) is 32.1 Å². The summed E-state index contributed by atoms with van der Waals surface area (Å²) in [6.07, 6.45) is 1.94. The highest BCUT2D eigenvalue weighted by Gasteiger charge is 2.27. The molecule has 0 radical (unpaired) electrons. The Labute approximate surface area is 153 Å². The Kier molecular flexibility index (Phi) is 5.73. The highest BCUT2D eigenvalue weighted by atomic mass is 16.5. The zero-order valence-corrected chi connectivity index (χ0v) is 15.1. The first-order chi connectivity index (χ1) is 12.7. The van der Waals surface area contributed by atoms with Gasteiger partial charge in [0.05, 0.1) is 19.4 Å². The van der Waals surface area contributed by atoms with Crippen LogP contribution in [0.5, 0.6) is 5.75 Å². The van der Waals surface area contributed by atoms with Gasteiger partial charge in [0.1, 0.15) is 5.75 Å². The smallest absolute Gasteiger partial charge is 0.376 e. The van der Waals surface area contributed by atoms with E-state index in [9.17, 15) is 4.79 Å². The SMILES string of the molecule is CCOC(=O)C(=NNc1ccccc1OC)N1CCCc2ccccc21. The minimum absolute atomic E-state index is 0.241. The number of para-hydroxylation sites is 3. The van der Waals surface area contributed by atoms with Gasteiger partial charge in [-0.25, -0.2) is 4.79 Å². The first-order valence-corrected chi connectivity index (χ1v) is 8.74. The lowest BCUT2D eigenvalue weighted by atomic mass is 10.0. The average molecular weight is 353 g/mol. The Bertz CT molecular complexity index is 804. The van der Waals surface area contributed by atoms with E-state index in [0.717, 1.165) is 18.5 Å². The van der Waals surface area contributed by atoms with E-state index in [1.165, 1.54) is 5.56 Å². The number of fused-ring (bicyclic) bond motifs is 1. The highest BCUT2D eigenvalue weighted by Crippen LogP contribution is 2.28. The number of aryl methyl sites for hydroxylation is 1. The van der Waals surface area contributed by atoms with Crippen LogP contribution in [0, 0.1) is 0 Å². The van der Waals surface area contributed by atoms with Crippen LogP contribution in [0.3, 0.4) is 0 Å². The van der Waals surface area contributed by atoms with Crippen LogP contribution in [0.1, 0.15) is 18.9 Å². The van der Waals surface area contributed by atoms with E-state index in [1.807, 2.05) is 47.4 Å². The fourth-order valence-electron chi connectivity index (χ4n) is 3.02. The van der Waals surface area contributed by atoms with Crippen molar-refractivity contribution in [3.8, 4) is 5.75 Å². The standard InChI is InChI=1S/C20H23N3O3/c1-3-26-20(24)19(22-21-16-11-5-7-13-18(16)25-2)23-14-8-10-15-9-4-6-12-17(15)23/h4-7,9,11-13,21H,3,8,10,14H2,1-2H3. The molecule has 0 aromatic heterocycles. The molecule has 1 aliphatic heterocycles. The third-order valence-corrected chi connectivity index (χ3v) is 4.21. The molecule has 0 atom stereocenters. The van der Waals surface area contributed by atoms with Gasteiger partial charge in [0.25, 0.3) is 0 Å². The topological polar surface area (TPSA) is 63.2 Å². The number of nitrogens with zero attached hydrogens (tertiary/aromatic N) is 2. The van der Waals surface area contributed by atoms with E-state index in [0.29, 0.717) is 24.6 Å². The fraction of sp³-hybridized carbons (Fsp3) is 0.300. The first-order valence-electron chi connectivity index (χ1n) is 8.74. The number of esters is 1. The number of amidine groups is 1. The van der Waals surface area contributed by atoms with Gasteiger partial charge in [-0.15, -0.1) is 5.10 Å². The molecule has 0 fully saturated rings. The molecule has 0 spiro atoms. The van der Waals surface area contributed by atoms with Crippen LogP contribution in [0.15, 0.2) is 53.6 Å². The minimum Gasteiger partial charge on any atom is -0.495 e. The number of hydrogen-bond acceptors (Lipinski definition) is 5. The normalized spacial score (nSPS) is 13.8. The second kappa shape index (κ2) is 8.38. The lowest BCUT2D eigenvalue weighted by molar-refractivity contribution is -0.135. The van der Waals surface area contributed by atoms with E-state index in [4.69, 9.17) is 9.47 Å². The van der Waals surface area contributed by atoms with E-state index in [-0.39, 0.29) is 5.84 Å². The van der Waals surface area contributed by atoms with Crippen LogP contribution < -0.4 is 15.1 Å². The van der Waals surface area contributed by atoms with Gasteiger partial charge in [-0.3, -0.25) is 5.43 Å². The average Bonchev–Trinajstić information content (AvgIpc) is 2.69. The predicted molar refractivity (Wildman–Crippen MR) is 103 cm³/mol. The van der Waals surface area contributed by atoms with Gasteiger partial charge in [-0.1, -0.05) is 30.3 Å². The van der Waals surface area contributed by atoms with Gasteiger partial charge in [-0.05, 0) is 43.5 Å². The number of rotatable bonds is 4. The molecule has 26 heavy (non-hydrogen) atoms. The van der Waals surface area contributed by atoms with Crippen molar-refractivity contribution < 1.29 is 14.3 Å². The van der Waals surface area contributed by atoms with Crippen LogP contribution in [0.4, 0.5) is 11.4 Å². The van der Waals surface area contributed by atoms with Gasteiger partial charge < -0.3 is 14.4 Å². The second-order valence-corrected chi connectivity index (χ2v) is 5.85. The van der Waals surface area contributed by atoms with Crippen molar-refractivity contribution in [3.63, 3.8) is 0 Å². The summed E-state index contributed by atoms with van der Waals surface area (Å²) >= 11 is 0. The fourth-order valence-corrected chi connectivity index (χ4v) is 3.02. The monoisotopic (exact) mass is 353 g/mol. The summed E-state index contributed by atoms with van der Waals surface area (Å²) in [4.78, 5) is 14.5. The Morgan fingerprint density at radius 3 is 2.77 bits per heavy atom. The number of methoxy groups -OCH3 is 1. The third kappa shape index (κ3) is 3.79. The van der Waals surface area contributed by atoms with Gasteiger partial charge in [0, 0.05) is 12.2 Å². The highest BCUT2D eigenvalue weighted by molar-refractivity contribution is 6.41. The number of anilines is 2. The molecule has 1 aliphatic rings. The second-order valence-electron chi connectivity index (χ2n) is 5.85. The molecule has 1 N–H and O–H groups in total. The van der Waals surface area contributed by atoms with E-state index in [1.54, 1.807) is 14.0 Å². The zero-order valence-electron chi connectivity index (χ0n) is 15.1. The molecular weight excluding hydrogens is 330 g/mol. The van der Waals surface area contributed by atoms with Crippen molar-refractivity contribution in [2.24, 2.45) is 5.10 Å². The maximum absolute atomic E-state index is 12.6. The summed E-state index contributed by atoms with van der Waals surface area (Å²) in [5.74, 6) is 0.440. The first kappa shape index (κ1) is 17.8. The van der Waals surface area contributed by atoms with E-state index >= 15 is 0 Å². The number of hydrazone groups is 1. The van der Waals surface area contributed by atoms with E-state index in [2.05, 4.69) is 16.6 Å². The van der Waals surface area contributed by atoms with Gasteiger partial charge >= 0.3 is 5.97 Å². The van der Waals surface area contributed by atoms with Crippen LogP contribution >= 0.6 is 0 Å². The van der Waals surface area contributed by atoms with Crippen molar-refractivity contribution in [2.75, 3.05) is 30.6 Å². The molecule has 3 rings (SSSR count). The van der Waals surface area contributed by atoms with Gasteiger partial charge in [0.2, 0.25) is 5.84 Å². The summed E-state index contributed by atoms with van der Waals surface area (Å²) in [6, 6.07) is 15.5. The Morgan fingerprint density at radius 2 is 1.96 bits per heavy atom. The lowest BCUT2D eigenvalue weighted by Gasteiger charge is -2.30. The third-order valence-electron chi connectivity index (χ3n) is 4.21. The minimum atomic E-state index is -0.452. The number of ether oxygens (including phenoxy) is 2. The molecule has 0 bridgehead atoms. The maximum Gasteiger partial charge on any atom is 0.376 e. The molecule has 6 heteroatoms.